The van der Waals surface area contributed by atoms with Gasteiger partial charge in [0.15, 0.2) is 0 Å². The zero-order chi connectivity index (χ0) is 21.3. The maximum atomic E-state index is 14.8. The highest BCUT2D eigenvalue weighted by atomic mass is 31.2. The number of hydrogen-bond acceptors (Lipinski definition) is 3. The molecule has 0 radical (unpaired) electrons. The van der Waals surface area contributed by atoms with Crippen molar-refractivity contribution in [2.24, 2.45) is 0 Å². The third kappa shape index (κ3) is 3.50. The standard InChI is InChI=1S/C27H23O3P/c1-29-22-18-16-20(17-19-22)26-24-14-8-9-15-25(24)27(21-10-4-2-5-11-21)31(28,30-26)23-12-6-3-7-13-23/h2-19,26-27H,1H3. The number of rotatable bonds is 4. The lowest BCUT2D eigenvalue weighted by Crippen LogP contribution is -2.24. The lowest BCUT2D eigenvalue weighted by atomic mass is 9.92. The molecular formula is C27H23O3P. The molecule has 3 nitrogen and oxygen atoms in total. The highest BCUT2D eigenvalue weighted by Crippen LogP contribution is 2.68. The van der Waals surface area contributed by atoms with Crippen LogP contribution < -0.4 is 10.0 Å². The first kappa shape index (κ1) is 19.8. The largest absolute Gasteiger partial charge is 0.497 e. The molecule has 1 heterocycles. The molecule has 0 saturated carbocycles. The van der Waals surface area contributed by atoms with E-state index in [1.807, 2.05) is 97.1 Å². The predicted octanol–water partition coefficient (Wildman–Crippen LogP) is 6.51. The molecule has 4 heteroatoms. The average Bonchev–Trinajstić information content (AvgIpc) is 2.85. The van der Waals surface area contributed by atoms with Gasteiger partial charge < -0.3 is 9.26 Å². The SMILES string of the molecule is COc1ccc(C2OP(=O)(c3ccccc3)C(c3ccccc3)c3ccccc32)cc1. The zero-order valence-corrected chi connectivity index (χ0v) is 18.1. The molecule has 0 bridgehead atoms. The predicted molar refractivity (Wildman–Crippen MR) is 124 cm³/mol. The molecule has 0 aromatic heterocycles. The first-order valence-electron chi connectivity index (χ1n) is 10.3. The molecule has 4 aromatic rings. The van der Waals surface area contributed by atoms with Gasteiger partial charge in [-0.2, -0.15) is 0 Å². The van der Waals surface area contributed by atoms with E-state index >= 15 is 0 Å². The third-order valence-electron chi connectivity index (χ3n) is 5.82. The third-order valence-corrected chi connectivity index (χ3v) is 8.62. The molecule has 5 rings (SSSR count). The number of benzene rings is 4. The van der Waals surface area contributed by atoms with E-state index in [-0.39, 0.29) is 5.66 Å². The lowest BCUT2D eigenvalue weighted by molar-refractivity contribution is 0.240. The summed E-state index contributed by atoms with van der Waals surface area (Å²) in [5, 5.41) is 0.733. The van der Waals surface area contributed by atoms with Gasteiger partial charge in [0, 0.05) is 5.30 Å². The Balaban J connectivity index is 1.74. The van der Waals surface area contributed by atoms with Crippen molar-refractivity contribution in [3.05, 3.63) is 131 Å². The Morgan fingerprint density at radius 1 is 0.677 bits per heavy atom. The molecule has 1 aliphatic rings. The second-order valence-corrected chi connectivity index (χ2v) is 10.1. The first-order valence-corrected chi connectivity index (χ1v) is 12.0. The average molecular weight is 426 g/mol. The zero-order valence-electron chi connectivity index (χ0n) is 17.2. The molecule has 3 unspecified atom stereocenters. The summed E-state index contributed by atoms with van der Waals surface area (Å²) in [5.41, 5.74) is 3.69. The van der Waals surface area contributed by atoms with Crippen molar-refractivity contribution in [2.45, 2.75) is 11.8 Å². The van der Waals surface area contributed by atoms with Crippen molar-refractivity contribution in [1.82, 2.24) is 0 Å². The number of hydrogen-bond donors (Lipinski definition) is 0. The second-order valence-electron chi connectivity index (χ2n) is 7.63. The van der Waals surface area contributed by atoms with Crippen LogP contribution in [0.2, 0.25) is 0 Å². The number of fused-ring (bicyclic) bond motifs is 1. The van der Waals surface area contributed by atoms with Gasteiger partial charge in [0.1, 0.15) is 11.9 Å². The molecule has 3 atom stereocenters. The van der Waals surface area contributed by atoms with Gasteiger partial charge in [0.05, 0.1) is 12.8 Å². The minimum Gasteiger partial charge on any atom is -0.497 e. The number of ether oxygens (including phenoxy) is 1. The summed E-state index contributed by atoms with van der Waals surface area (Å²) < 4.78 is 26.7. The summed E-state index contributed by atoms with van der Waals surface area (Å²) in [6.45, 7) is 0. The monoisotopic (exact) mass is 426 g/mol. The van der Waals surface area contributed by atoms with Gasteiger partial charge in [0.25, 0.3) is 0 Å². The molecule has 1 aliphatic heterocycles. The molecule has 154 valence electrons. The summed E-state index contributed by atoms with van der Waals surface area (Å²) in [5.74, 6) is 0.779. The van der Waals surface area contributed by atoms with Gasteiger partial charge in [-0.25, -0.2) is 0 Å². The summed E-state index contributed by atoms with van der Waals surface area (Å²) in [4.78, 5) is 0. The van der Waals surface area contributed by atoms with E-state index in [0.717, 1.165) is 33.3 Å². The van der Waals surface area contributed by atoms with Crippen LogP contribution in [0.1, 0.15) is 34.0 Å². The van der Waals surface area contributed by atoms with Gasteiger partial charge in [0.2, 0.25) is 7.37 Å². The fourth-order valence-corrected chi connectivity index (χ4v) is 7.18. The van der Waals surface area contributed by atoms with E-state index in [0.29, 0.717) is 0 Å². The van der Waals surface area contributed by atoms with Crippen molar-refractivity contribution in [3.8, 4) is 5.75 Å². The first-order chi connectivity index (χ1) is 15.2. The van der Waals surface area contributed by atoms with Crippen LogP contribution in [0, 0.1) is 0 Å². The normalized spacial score (nSPS) is 22.5. The Morgan fingerprint density at radius 2 is 1.26 bits per heavy atom. The quantitative estimate of drug-likeness (QED) is 0.349. The van der Waals surface area contributed by atoms with Crippen molar-refractivity contribution in [2.75, 3.05) is 7.11 Å². The molecular weight excluding hydrogens is 403 g/mol. The molecule has 0 amide bonds. The fourth-order valence-electron chi connectivity index (χ4n) is 4.33. The summed E-state index contributed by atoms with van der Waals surface area (Å²) >= 11 is 0. The Labute approximate surface area is 182 Å². The smallest absolute Gasteiger partial charge is 0.244 e. The highest BCUT2D eigenvalue weighted by Gasteiger charge is 2.46. The van der Waals surface area contributed by atoms with Crippen LogP contribution in [0.15, 0.2) is 109 Å². The molecule has 0 saturated heterocycles. The van der Waals surface area contributed by atoms with Crippen LogP contribution in [-0.4, -0.2) is 7.11 Å². The number of methoxy groups -OCH3 is 1. The Hall–Kier alpha value is -3.13. The van der Waals surface area contributed by atoms with Crippen LogP contribution in [0.5, 0.6) is 5.75 Å². The Kier molecular flexibility index (Phi) is 5.23. The van der Waals surface area contributed by atoms with Gasteiger partial charge in [-0.15, -0.1) is 0 Å². The van der Waals surface area contributed by atoms with Crippen LogP contribution in [-0.2, 0) is 9.09 Å². The van der Waals surface area contributed by atoms with Crippen molar-refractivity contribution < 1.29 is 13.8 Å². The van der Waals surface area contributed by atoms with E-state index < -0.39 is 13.5 Å². The van der Waals surface area contributed by atoms with Gasteiger partial charge in [-0.3, -0.25) is 4.57 Å². The molecule has 4 aromatic carbocycles. The maximum Gasteiger partial charge on any atom is 0.244 e. The molecule has 0 fully saturated rings. The van der Waals surface area contributed by atoms with Crippen molar-refractivity contribution in [1.29, 1.82) is 0 Å². The summed E-state index contributed by atoms with van der Waals surface area (Å²) in [6.07, 6.45) is -0.423. The van der Waals surface area contributed by atoms with Gasteiger partial charge >= 0.3 is 0 Å². The van der Waals surface area contributed by atoms with Gasteiger partial charge in [-0.05, 0) is 46.5 Å². The van der Waals surface area contributed by atoms with E-state index in [1.165, 1.54) is 0 Å². The van der Waals surface area contributed by atoms with Crippen molar-refractivity contribution in [3.63, 3.8) is 0 Å². The molecule has 31 heavy (non-hydrogen) atoms. The van der Waals surface area contributed by atoms with E-state index in [4.69, 9.17) is 9.26 Å². The van der Waals surface area contributed by atoms with Gasteiger partial charge in [-0.1, -0.05) is 84.9 Å². The Bertz CT molecular complexity index is 1220. The van der Waals surface area contributed by atoms with Crippen molar-refractivity contribution >= 4 is 12.7 Å². The van der Waals surface area contributed by atoms with Crippen LogP contribution in [0.3, 0.4) is 0 Å². The molecule has 0 spiro atoms. The highest BCUT2D eigenvalue weighted by molar-refractivity contribution is 7.67. The maximum absolute atomic E-state index is 14.8. The molecule has 0 aliphatic carbocycles. The van der Waals surface area contributed by atoms with E-state index in [1.54, 1.807) is 7.11 Å². The topological polar surface area (TPSA) is 35.5 Å². The summed E-state index contributed by atoms with van der Waals surface area (Å²) in [7, 11) is -1.65. The Morgan fingerprint density at radius 3 is 1.90 bits per heavy atom. The van der Waals surface area contributed by atoms with Crippen LogP contribution in [0.4, 0.5) is 0 Å². The van der Waals surface area contributed by atoms with E-state index in [2.05, 4.69) is 12.1 Å². The minimum atomic E-state index is -3.30. The van der Waals surface area contributed by atoms with Crippen LogP contribution in [0.25, 0.3) is 0 Å². The van der Waals surface area contributed by atoms with E-state index in [9.17, 15) is 4.57 Å². The lowest BCUT2D eigenvalue weighted by Gasteiger charge is -2.39. The van der Waals surface area contributed by atoms with Crippen LogP contribution >= 0.6 is 7.37 Å². The summed E-state index contributed by atoms with van der Waals surface area (Å²) in [6, 6.07) is 35.6. The fraction of sp³-hybridized carbons (Fsp3) is 0.111. The minimum absolute atomic E-state index is 0.359. The second kappa shape index (κ2) is 8.19. The molecule has 0 N–H and O–H groups in total.